The number of aromatic nitrogens is 1. The van der Waals surface area contributed by atoms with Gasteiger partial charge in [0.25, 0.3) is 5.91 Å². The summed E-state index contributed by atoms with van der Waals surface area (Å²) < 4.78 is 10.9. The minimum absolute atomic E-state index is 0.0907. The average molecular weight is 353 g/mol. The quantitative estimate of drug-likeness (QED) is 0.717. The van der Waals surface area contributed by atoms with Crippen molar-refractivity contribution in [2.75, 3.05) is 26.2 Å². The summed E-state index contributed by atoms with van der Waals surface area (Å²) in [4.78, 5) is 28.8. The predicted octanol–water partition coefficient (Wildman–Crippen LogP) is 2.05. The molecule has 0 spiro atoms. The van der Waals surface area contributed by atoms with Gasteiger partial charge in [0.2, 0.25) is 0 Å². The second-order valence-corrected chi connectivity index (χ2v) is 6.47. The number of fused-ring (bicyclic) bond motifs is 1. The summed E-state index contributed by atoms with van der Waals surface area (Å²) in [6.45, 7) is 5.16. The molecule has 7 heteroatoms. The molecule has 3 heterocycles. The highest BCUT2D eigenvalue weighted by molar-refractivity contribution is 5.93. The lowest BCUT2D eigenvalue weighted by molar-refractivity contribution is 0.0587. The first kappa shape index (κ1) is 16.5. The van der Waals surface area contributed by atoms with Gasteiger partial charge in [-0.15, -0.1) is 0 Å². The number of para-hydroxylation sites is 1. The summed E-state index contributed by atoms with van der Waals surface area (Å²) in [6, 6.07) is 10.2. The molecule has 0 bridgehead atoms. The van der Waals surface area contributed by atoms with Crippen LogP contribution in [0.15, 0.2) is 50.1 Å². The van der Waals surface area contributed by atoms with Crippen LogP contribution in [0.1, 0.15) is 22.0 Å². The zero-order chi connectivity index (χ0) is 18.1. The molecule has 7 nitrogen and oxygen atoms in total. The molecule has 3 aromatic rings. The highest BCUT2D eigenvalue weighted by Gasteiger charge is 2.25. The van der Waals surface area contributed by atoms with E-state index in [2.05, 4.69) is 10.1 Å². The minimum atomic E-state index is -0.247. The molecule has 26 heavy (non-hydrogen) atoms. The van der Waals surface area contributed by atoms with E-state index in [1.165, 1.54) is 6.07 Å². The molecule has 0 atom stereocenters. The van der Waals surface area contributed by atoms with Crippen molar-refractivity contribution in [1.29, 1.82) is 0 Å². The van der Waals surface area contributed by atoms with E-state index in [4.69, 9.17) is 8.94 Å². The van der Waals surface area contributed by atoms with E-state index in [0.29, 0.717) is 30.6 Å². The van der Waals surface area contributed by atoms with Gasteiger partial charge in [-0.2, -0.15) is 0 Å². The Bertz CT molecular complexity index is 999. The smallest absolute Gasteiger partial charge is 0.289 e. The first-order chi connectivity index (χ1) is 12.6. The molecule has 0 radical (unpaired) electrons. The van der Waals surface area contributed by atoms with E-state index in [1.54, 1.807) is 29.2 Å². The largest absolute Gasteiger partial charge is 0.451 e. The monoisotopic (exact) mass is 353 g/mol. The van der Waals surface area contributed by atoms with Crippen molar-refractivity contribution in [3.63, 3.8) is 0 Å². The SMILES string of the molecule is Cc1cc(CN2CCN(C(=O)c3cc(=O)c4ccccc4o3)CC2)on1. The molecular formula is C19H19N3O4. The van der Waals surface area contributed by atoms with Gasteiger partial charge in [-0.05, 0) is 19.1 Å². The third-order valence-electron chi connectivity index (χ3n) is 4.56. The van der Waals surface area contributed by atoms with Crippen LogP contribution >= 0.6 is 0 Å². The molecule has 0 aliphatic carbocycles. The van der Waals surface area contributed by atoms with E-state index < -0.39 is 0 Å². The average Bonchev–Trinajstić information content (AvgIpc) is 3.06. The molecule has 1 aliphatic heterocycles. The molecule has 0 unspecified atom stereocenters. The first-order valence-corrected chi connectivity index (χ1v) is 8.57. The molecule has 1 aliphatic rings. The van der Waals surface area contributed by atoms with E-state index in [1.807, 2.05) is 13.0 Å². The van der Waals surface area contributed by atoms with E-state index in [-0.39, 0.29) is 17.1 Å². The van der Waals surface area contributed by atoms with Gasteiger partial charge in [0.15, 0.2) is 16.9 Å². The number of hydrogen-bond acceptors (Lipinski definition) is 6. The molecular weight excluding hydrogens is 334 g/mol. The van der Waals surface area contributed by atoms with Crippen LogP contribution in [-0.4, -0.2) is 47.0 Å². The summed E-state index contributed by atoms with van der Waals surface area (Å²) >= 11 is 0. The fourth-order valence-corrected chi connectivity index (χ4v) is 3.19. The van der Waals surface area contributed by atoms with Gasteiger partial charge < -0.3 is 13.8 Å². The maximum atomic E-state index is 12.7. The zero-order valence-corrected chi connectivity index (χ0v) is 14.5. The van der Waals surface area contributed by atoms with Crippen LogP contribution in [0.2, 0.25) is 0 Å². The van der Waals surface area contributed by atoms with E-state index >= 15 is 0 Å². The Hall–Kier alpha value is -2.93. The first-order valence-electron chi connectivity index (χ1n) is 8.57. The summed E-state index contributed by atoms with van der Waals surface area (Å²) in [7, 11) is 0. The maximum Gasteiger partial charge on any atom is 0.289 e. The van der Waals surface area contributed by atoms with Gasteiger partial charge in [0.1, 0.15) is 5.58 Å². The molecule has 0 saturated carbocycles. The summed E-state index contributed by atoms with van der Waals surface area (Å²) in [5, 5.41) is 4.37. The van der Waals surface area contributed by atoms with Gasteiger partial charge in [-0.25, -0.2) is 0 Å². The Labute approximate surface area is 149 Å². The number of rotatable bonds is 3. The number of aryl methyl sites for hydroxylation is 1. The third-order valence-corrected chi connectivity index (χ3v) is 4.56. The Kier molecular flexibility index (Phi) is 4.30. The van der Waals surface area contributed by atoms with Gasteiger partial charge in [-0.1, -0.05) is 17.3 Å². The van der Waals surface area contributed by atoms with Crippen LogP contribution in [-0.2, 0) is 6.54 Å². The molecule has 1 amide bonds. The highest BCUT2D eigenvalue weighted by atomic mass is 16.5. The minimum Gasteiger partial charge on any atom is -0.451 e. The molecule has 1 fully saturated rings. The van der Waals surface area contributed by atoms with Crippen LogP contribution in [0.3, 0.4) is 0 Å². The summed E-state index contributed by atoms with van der Waals surface area (Å²) in [5.74, 6) is 0.666. The number of amides is 1. The topological polar surface area (TPSA) is 79.8 Å². The van der Waals surface area contributed by atoms with Gasteiger partial charge in [0, 0.05) is 38.3 Å². The standard InChI is InChI=1S/C19H19N3O4/c1-13-10-14(26-20-13)12-21-6-8-22(9-7-21)19(24)18-11-16(23)15-4-2-3-5-17(15)25-18/h2-5,10-11H,6-9,12H2,1H3. The third kappa shape index (κ3) is 3.25. The summed E-state index contributed by atoms with van der Waals surface area (Å²) in [6.07, 6.45) is 0. The molecule has 134 valence electrons. The van der Waals surface area contributed by atoms with E-state index in [0.717, 1.165) is 24.5 Å². The summed E-state index contributed by atoms with van der Waals surface area (Å²) in [5.41, 5.74) is 1.09. The van der Waals surface area contributed by atoms with Crippen LogP contribution in [0.4, 0.5) is 0 Å². The lowest BCUT2D eigenvalue weighted by Crippen LogP contribution is -2.48. The molecule has 1 saturated heterocycles. The van der Waals surface area contributed by atoms with Crippen LogP contribution in [0.5, 0.6) is 0 Å². The van der Waals surface area contributed by atoms with Crippen LogP contribution < -0.4 is 5.43 Å². The van der Waals surface area contributed by atoms with Crippen molar-refractivity contribution in [2.24, 2.45) is 0 Å². The number of carbonyl (C=O) groups is 1. The Balaban J connectivity index is 1.44. The van der Waals surface area contributed by atoms with Gasteiger partial charge in [-0.3, -0.25) is 14.5 Å². The number of piperazine rings is 1. The number of nitrogens with zero attached hydrogens (tertiary/aromatic N) is 3. The second-order valence-electron chi connectivity index (χ2n) is 6.47. The van der Waals surface area contributed by atoms with Crippen molar-refractivity contribution < 1.29 is 13.7 Å². The molecule has 0 N–H and O–H groups in total. The Morgan fingerprint density at radius 1 is 1.15 bits per heavy atom. The van der Waals surface area contributed by atoms with Crippen molar-refractivity contribution >= 4 is 16.9 Å². The molecule has 1 aromatic carbocycles. The van der Waals surface area contributed by atoms with Crippen LogP contribution in [0, 0.1) is 6.92 Å². The number of hydrogen-bond donors (Lipinski definition) is 0. The number of carbonyl (C=O) groups excluding carboxylic acids is 1. The lowest BCUT2D eigenvalue weighted by atomic mass is 10.2. The van der Waals surface area contributed by atoms with Crippen molar-refractivity contribution in [3.8, 4) is 0 Å². The van der Waals surface area contributed by atoms with Crippen LogP contribution in [0.25, 0.3) is 11.0 Å². The fraction of sp³-hybridized carbons (Fsp3) is 0.316. The second kappa shape index (κ2) is 6.76. The van der Waals surface area contributed by atoms with Crippen molar-refractivity contribution in [3.05, 3.63) is 63.8 Å². The normalized spacial score (nSPS) is 15.5. The lowest BCUT2D eigenvalue weighted by Gasteiger charge is -2.33. The maximum absolute atomic E-state index is 12.7. The highest BCUT2D eigenvalue weighted by Crippen LogP contribution is 2.15. The predicted molar refractivity (Wildman–Crippen MR) is 94.9 cm³/mol. The molecule has 2 aromatic heterocycles. The number of benzene rings is 1. The van der Waals surface area contributed by atoms with Crippen molar-refractivity contribution in [2.45, 2.75) is 13.5 Å². The van der Waals surface area contributed by atoms with Gasteiger partial charge in [0.05, 0.1) is 17.6 Å². The van der Waals surface area contributed by atoms with E-state index in [9.17, 15) is 9.59 Å². The Morgan fingerprint density at radius 2 is 1.92 bits per heavy atom. The fourth-order valence-electron chi connectivity index (χ4n) is 3.19. The zero-order valence-electron chi connectivity index (χ0n) is 14.5. The van der Waals surface area contributed by atoms with Crippen molar-refractivity contribution in [1.82, 2.24) is 15.0 Å². The Morgan fingerprint density at radius 3 is 2.65 bits per heavy atom. The molecule has 4 rings (SSSR count). The van der Waals surface area contributed by atoms with Gasteiger partial charge >= 0.3 is 0 Å².